The predicted molar refractivity (Wildman–Crippen MR) is 122 cm³/mol. The number of nitrogens with one attached hydrogen (secondary N) is 1. The van der Waals surface area contributed by atoms with Crippen molar-refractivity contribution in [3.63, 3.8) is 0 Å². The molecule has 0 radical (unpaired) electrons. The fourth-order valence-corrected chi connectivity index (χ4v) is 4.87. The largest absolute Gasteiger partial charge is 0.390 e. The molecule has 0 spiro atoms. The van der Waals surface area contributed by atoms with Crippen LogP contribution in [0.5, 0.6) is 0 Å². The maximum atomic E-state index is 13.9. The number of alkyl halides is 2. The van der Waals surface area contributed by atoms with Gasteiger partial charge >= 0.3 is 5.92 Å². The smallest absolute Gasteiger partial charge is 0.311 e. The average molecular weight is 457 g/mol. The first-order valence-electron chi connectivity index (χ1n) is 11.0. The van der Waals surface area contributed by atoms with Gasteiger partial charge in [0, 0.05) is 42.0 Å². The van der Waals surface area contributed by atoms with Gasteiger partial charge in [-0.05, 0) is 36.2 Å². The van der Waals surface area contributed by atoms with Crippen LogP contribution in [-0.2, 0) is 11.5 Å². The lowest BCUT2D eigenvalue weighted by Crippen LogP contribution is -2.63. The van der Waals surface area contributed by atoms with Crippen molar-refractivity contribution in [1.29, 1.82) is 0 Å². The molecule has 4 rings (SSSR count). The van der Waals surface area contributed by atoms with Gasteiger partial charge in [-0.15, -0.1) is 0 Å². The number of H-pyrrole nitrogens is 1. The Morgan fingerprint density at radius 1 is 1.12 bits per heavy atom. The van der Waals surface area contributed by atoms with Gasteiger partial charge < -0.3 is 15.1 Å². The van der Waals surface area contributed by atoms with Gasteiger partial charge in [-0.25, -0.2) is 0 Å². The lowest BCUT2D eigenvalue weighted by molar-refractivity contribution is -0.127. The van der Waals surface area contributed by atoms with Crippen LogP contribution in [0.1, 0.15) is 49.1 Å². The van der Waals surface area contributed by atoms with Gasteiger partial charge in [0.15, 0.2) is 0 Å². The molecular weight excluding hydrogens is 426 g/mol. The van der Waals surface area contributed by atoms with Crippen LogP contribution in [0.4, 0.5) is 8.78 Å². The number of nitrogens with zero attached hydrogens (tertiary/aromatic N) is 3. The summed E-state index contributed by atoms with van der Waals surface area (Å²) in [6.07, 6.45) is 3.15. The topological polar surface area (TPSA) is 85.3 Å². The minimum absolute atomic E-state index is 0.265. The second-order valence-electron chi connectivity index (χ2n) is 9.71. The Labute approximate surface area is 192 Å². The van der Waals surface area contributed by atoms with Gasteiger partial charge in [0.05, 0.1) is 5.69 Å². The van der Waals surface area contributed by atoms with Crippen LogP contribution in [-0.4, -0.2) is 57.0 Å². The van der Waals surface area contributed by atoms with E-state index < -0.39 is 29.2 Å². The van der Waals surface area contributed by atoms with Gasteiger partial charge in [0.1, 0.15) is 17.9 Å². The van der Waals surface area contributed by atoms with Gasteiger partial charge in [-0.2, -0.15) is 13.9 Å². The molecule has 0 amide bonds. The SMILES string of the molecule is CC(C)c1ccc([C@](O)(c2cncc(-c3cc(C(F)(F)CO)[nH]n3)c2)C2(C)CN(C)C2)cc1. The molecule has 0 aliphatic carbocycles. The molecule has 1 aliphatic heterocycles. The summed E-state index contributed by atoms with van der Waals surface area (Å²) in [7, 11) is 2.01. The molecule has 0 unspecified atom stereocenters. The highest BCUT2D eigenvalue weighted by Crippen LogP contribution is 2.50. The number of benzene rings is 1. The number of rotatable bonds is 7. The van der Waals surface area contributed by atoms with Crippen LogP contribution >= 0.6 is 0 Å². The molecule has 0 saturated carbocycles. The van der Waals surface area contributed by atoms with Gasteiger partial charge in [-0.3, -0.25) is 10.1 Å². The molecule has 2 aromatic heterocycles. The average Bonchev–Trinajstić information content (AvgIpc) is 3.29. The van der Waals surface area contributed by atoms with E-state index in [4.69, 9.17) is 5.11 Å². The number of hydrogen-bond donors (Lipinski definition) is 3. The number of pyridine rings is 1. The number of aliphatic hydroxyl groups excluding tert-OH is 1. The summed E-state index contributed by atoms with van der Waals surface area (Å²) in [5, 5.41) is 27.5. The molecule has 1 saturated heterocycles. The zero-order valence-corrected chi connectivity index (χ0v) is 19.3. The summed E-state index contributed by atoms with van der Waals surface area (Å²) in [4.78, 5) is 6.46. The standard InChI is InChI=1S/C25H30F2N4O2/c1-16(2)17-5-7-19(8-6-17)25(33,23(3)13-31(4)14-23)20-9-18(11-28-12-20)21-10-22(30-29-21)24(26,27)15-32/h5-12,16,32-33H,13-15H2,1-4H3,(H,29,30)/t25-/m0/s1. The quantitative estimate of drug-likeness (QED) is 0.503. The Hall–Kier alpha value is -2.68. The van der Waals surface area contributed by atoms with E-state index in [2.05, 4.69) is 33.9 Å². The van der Waals surface area contributed by atoms with Crippen molar-refractivity contribution in [1.82, 2.24) is 20.1 Å². The van der Waals surface area contributed by atoms with Crippen LogP contribution < -0.4 is 0 Å². The fourth-order valence-electron chi connectivity index (χ4n) is 4.87. The number of aromatic nitrogens is 3. The number of likely N-dealkylation sites (tertiary alicyclic amines) is 1. The van der Waals surface area contributed by atoms with Crippen LogP contribution in [0.15, 0.2) is 48.8 Å². The van der Waals surface area contributed by atoms with Crippen molar-refractivity contribution in [2.24, 2.45) is 5.41 Å². The number of hydrogen-bond acceptors (Lipinski definition) is 5. The van der Waals surface area contributed by atoms with E-state index in [0.29, 0.717) is 30.1 Å². The third kappa shape index (κ3) is 3.96. The van der Waals surface area contributed by atoms with E-state index in [9.17, 15) is 13.9 Å². The molecule has 1 aliphatic rings. The zero-order valence-electron chi connectivity index (χ0n) is 19.3. The minimum Gasteiger partial charge on any atom is -0.390 e. The highest BCUT2D eigenvalue weighted by Gasteiger charge is 2.55. The Bertz CT molecular complexity index is 1120. The van der Waals surface area contributed by atoms with E-state index in [1.54, 1.807) is 12.3 Å². The van der Waals surface area contributed by atoms with Crippen LogP contribution in [0, 0.1) is 5.41 Å². The number of halogens is 2. The normalized spacial score (nSPS) is 18.2. The summed E-state index contributed by atoms with van der Waals surface area (Å²) in [6.45, 7) is 6.35. The molecule has 8 heteroatoms. The van der Waals surface area contributed by atoms with Crippen molar-refractivity contribution in [2.45, 2.75) is 38.2 Å². The van der Waals surface area contributed by atoms with E-state index in [1.165, 1.54) is 17.8 Å². The van der Waals surface area contributed by atoms with Crippen molar-refractivity contribution in [3.8, 4) is 11.3 Å². The molecule has 1 aromatic carbocycles. The Morgan fingerprint density at radius 2 is 1.79 bits per heavy atom. The van der Waals surface area contributed by atoms with Crippen LogP contribution in [0.3, 0.4) is 0 Å². The molecule has 3 N–H and O–H groups in total. The Balaban J connectivity index is 1.79. The lowest BCUT2D eigenvalue weighted by atomic mass is 9.62. The maximum Gasteiger partial charge on any atom is 0.311 e. The minimum atomic E-state index is -3.42. The van der Waals surface area contributed by atoms with Crippen molar-refractivity contribution in [3.05, 3.63) is 71.2 Å². The maximum absolute atomic E-state index is 13.9. The molecule has 3 aromatic rings. The van der Waals surface area contributed by atoms with Gasteiger partial charge in [0.2, 0.25) is 0 Å². The monoisotopic (exact) mass is 456 g/mol. The van der Waals surface area contributed by atoms with Crippen molar-refractivity contribution >= 4 is 0 Å². The summed E-state index contributed by atoms with van der Waals surface area (Å²) in [5.74, 6) is -3.05. The molecule has 176 valence electrons. The summed E-state index contributed by atoms with van der Waals surface area (Å²) in [6, 6.07) is 10.9. The molecule has 33 heavy (non-hydrogen) atoms. The molecule has 1 atom stereocenters. The Kier molecular flexibility index (Phi) is 5.88. The molecule has 0 bridgehead atoms. The highest BCUT2D eigenvalue weighted by atomic mass is 19.3. The lowest BCUT2D eigenvalue weighted by Gasteiger charge is -2.55. The Morgan fingerprint density at radius 3 is 2.36 bits per heavy atom. The number of aliphatic hydroxyl groups is 2. The molecule has 6 nitrogen and oxygen atoms in total. The first-order chi connectivity index (χ1) is 15.5. The van der Waals surface area contributed by atoms with E-state index in [-0.39, 0.29) is 5.69 Å². The molecular formula is C25H30F2N4O2. The van der Waals surface area contributed by atoms with E-state index in [0.717, 1.165) is 5.56 Å². The fraction of sp³-hybridized carbons (Fsp3) is 0.440. The van der Waals surface area contributed by atoms with E-state index >= 15 is 0 Å². The van der Waals surface area contributed by atoms with Crippen LogP contribution in [0.25, 0.3) is 11.3 Å². The van der Waals surface area contributed by atoms with Crippen molar-refractivity contribution < 1.29 is 19.0 Å². The summed E-state index contributed by atoms with van der Waals surface area (Å²) in [5.41, 5.74) is 0.990. The predicted octanol–water partition coefficient (Wildman–Crippen LogP) is 3.87. The summed E-state index contributed by atoms with van der Waals surface area (Å²) >= 11 is 0. The van der Waals surface area contributed by atoms with Crippen molar-refractivity contribution in [2.75, 3.05) is 26.7 Å². The number of aromatic amines is 1. The van der Waals surface area contributed by atoms with Gasteiger partial charge in [0.25, 0.3) is 0 Å². The first-order valence-corrected chi connectivity index (χ1v) is 11.0. The molecule has 1 fully saturated rings. The third-order valence-corrected chi connectivity index (χ3v) is 6.73. The van der Waals surface area contributed by atoms with Gasteiger partial charge in [-0.1, -0.05) is 45.0 Å². The second kappa shape index (κ2) is 8.27. The molecule has 3 heterocycles. The highest BCUT2D eigenvalue weighted by molar-refractivity contribution is 5.60. The van der Waals surface area contributed by atoms with E-state index in [1.807, 2.05) is 38.2 Å². The van der Waals surface area contributed by atoms with Crippen LogP contribution in [0.2, 0.25) is 0 Å². The third-order valence-electron chi connectivity index (χ3n) is 6.73. The zero-order chi connectivity index (χ0) is 24.0. The summed E-state index contributed by atoms with van der Waals surface area (Å²) < 4.78 is 27.7. The first kappa shape index (κ1) is 23.5. The second-order valence-corrected chi connectivity index (χ2v) is 9.71.